The summed E-state index contributed by atoms with van der Waals surface area (Å²) >= 11 is 0. The molecule has 2 aromatic carbocycles. The fourth-order valence-electron chi connectivity index (χ4n) is 3.77. The summed E-state index contributed by atoms with van der Waals surface area (Å²) in [6, 6.07) is 10.00. The average Bonchev–Trinajstić information content (AvgIpc) is 3.38. The Labute approximate surface area is 188 Å². The molecule has 0 saturated carbocycles. The van der Waals surface area contributed by atoms with Gasteiger partial charge in [0.15, 0.2) is 0 Å². The van der Waals surface area contributed by atoms with Gasteiger partial charge in [0.2, 0.25) is 5.82 Å². The van der Waals surface area contributed by atoms with E-state index in [1.165, 1.54) is 6.07 Å². The standard InChI is InChI=1S/C24H21FN4O4/c1-13(2)32-19-8-4-14(10-16(19)11-26)24-27-23(28-33-24)17-6-7-18(25)21-15(5-9-20(30)31)12-29(3)22(17)21/h4,6-8,10,12-13H,5,9H2,1-3H3,(H,30,31). The van der Waals surface area contributed by atoms with Crippen LogP contribution >= 0.6 is 0 Å². The zero-order valence-electron chi connectivity index (χ0n) is 18.3. The van der Waals surface area contributed by atoms with Gasteiger partial charge >= 0.3 is 5.97 Å². The number of aryl methyl sites for hydroxylation is 2. The maximum Gasteiger partial charge on any atom is 0.303 e. The minimum absolute atomic E-state index is 0.0792. The van der Waals surface area contributed by atoms with Gasteiger partial charge in [-0.05, 0) is 56.2 Å². The number of carbonyl (C=O) groups is 1. The van der Waals surface area contributed by atoms with Crippen molar-refractivity contribution in [2.24, 2.45) is 7.05 Å². The van der Waals surface area contributed by atoms with Crippen LogP contribution in [0, 0.1) is 17.1 Å². The van der Waals surface area contributed by atoms with Crippen molar-refractivity contribution in [2.45, 2.75) is 32.8 Å². The van der Waals surface area contributed by atoms with Crippen LogP contribution in [-0.2, 0) is 18.3 Å². The molecule has 0 amide bonds. The number of ether oxygens (including phenoxy) is 1. The van der Waals surface area contributed by atoms with E-state index in [0.29, 0.717) is 38.9 Å². The third-order valence-corrected chi connectivity index (χ3v) is 5.14. The van der Waals surface area contributed by atoms with Gasteiger partial charge in [-0.25, -0.2) is 4.39 Å². The SMILES string of the molecule is CC(C)Oc1ccc(-c2nc(-c3ccc(F)c4c(CCC(=O)O)cn(C)c34)no2)cc1C#N. The number of nitriles is 1. The molecule has 33 heavy (non-hydrogen) atoms. The molecule has 2 heterocycles. The van der Waals surface area contributed by atoms with Gasteiger partial charge in [0.05, 0.1) is 17.2 Å². The predicted octanol–water partition coefficient (Wildman–Crippen LogP) is 4.71. The van der Waals surface area contributed by atoms with Crippen LogP contribution in [0.15, 0.2) is 41.1 Å². The van der Waals surface area contributed by atoms with Crippen LogP contribution in [0.3, 0.4) is 0 Å². The Bertz CT molecular complexity index is 1400. The minimum Gasteiger partial charge on any atom is -0.490 e. The number of carboxylic acid groups (broad SMARTS) is 1. The van der Waals surface area contributed by atoms with Gasteiger partial charge in [-0.2, -0.15) is 10.2 Å². The molecule has 4 rings (SSSR count). The Morgan fingerprint density at radius 1 is 1.33 bits per heavy atom. The van der Waals surface area contributed by atoms with Gasteiger partial charge in [0, 0.05) is 36.2 Å². The molecule has 4 aromatic rings. The van der Waals surface area contributed by atoms with E-state index in [1.807, 2.05) is 13.8 Å². The summed E-state index contributed by atoms with van der Waals surface area (Å²) in [5, 5.41) is 22.9. The van der Waals surface area contributed by atoms with Crippen LogP contribution in [0.2, 0.25) is 0 Å². The summed E-state index contributed by atoms with van der Waals surface area (Å²) in [5.74, 6) is -0.475. The van der Waals surface area contributed by atoms with Crippen LogP contribution in [0.1, 0.15) is 31.4 Å². The van der Waals surface area contributed by atoms with Crippen molar-refractivity contribution < 1.29 is 23.6 Å². The van der Waals surface area contributed by atoms with Crippen molar-refractivity contribution in [2.75, 3.05) is 0 Å². The van der Waals surface area contributed by atoms with Crippen LogP contribution in [0.5, 0.6) is 5.75 Å². The maximum absolute atomic E-state index is 14.7. The number of rotatable bonds is 7. The lowest BCUT2D eigenvalue weighted by Gasteiger charge is -2.11. The Hall–Kier alpha value is -4.19. The average molecular weight is 448 g/mol. The van der Waals surface area contributed by atoms with E-state index < -0.39 is 11.8 Å². The Morgan fingerprint density at radius 2 is 2.12 bits per heavy atom. The predicted molar refractivity (Wildman–Crippen MR) is 118 cm³/mol. The largest absolute Gasteiger partial charge is 0.490 e. The molecule has 9 heteroatoms. The highest BCUT2D eigenvalue weighted by atomic mass is 19.1. The fraction of sp³-hybridized carbons (Fsp3) is 0.250. The second-order valence-electron chi connectivity index (χ2n) is 7.89. The second-order valence-corrected chi connectivity index (χ2v) is 7.89. The first kappa shape index (κ1) is 22.0. The molecule has 0 atom stereocenters. The van der Waals surface area contributed by atoms with Gasteiger partial charge in [0.1, 0.15) is 17.6 Å². The van der Waals surface area contributed by atoms with Crippen molar-refractivity contribution in [3.05, 3.63) is 53.5 Å². The molecule has 1 N–H and O–H groups in total. The molecule has 0 spiro atoms. The number of aliphatic carboxylic acids is 1. The van der Waals surface area contributed by atoms with E-state index in [4.69, 9.17) is 14.4 Å². The van der Waals surface area contributed by atoms with Gasteiger partial charge in [-0.15, -0.1) is 0 Å². The first-order valence-electron chi connectivity index (χ1n) is 10.3. The summed E-state index contributed by atoms with van der Waals surface area (Å²) in [7, 11) is 1.75. The number of carboxylic acids is 1. The van der Waals surface area contributed by atoms with E-state index in [1.54, 1.807) is 42.1 Å². The number of aromatic nitrogens is 3. The van der Waals surface area contributed by atoms with E-state index in [0.717, 1.165) is 0 Å². The molecule has 168 valence electrons. The van der Waals surface area contributed by atoms with Crippen molar-refractivity contribution in [3.8, 4) is 34.7 Å². The van der Waals surface area contributed by atoms with Crippen molar-refractivity contribution in [1.82, 2.24) is 14.7 Å². The first-order chi connectivity index (χ1) is 15.8. The lowest BCUT2D eigenvalue weighted by Crippen LogP contribution is -2.06. The smallest absolute Gasteiger partial charge is 0.303 e. The number of halogens is 1. The third kappa shape index (κ3) is 4.28. The summed E-state index contributed by atoms with van der Waals surface area (Å²) < 4.78 is 27.5. The monoisotopic (exact) mass is 448 g/mol. The summed E-state index contributed by atoms with van der Waals surface area (Å²) in [5.41, 5.74) is 2.58. The normalized spacial score (nSPS) is 11.2. The third-order valence-electron chi connectivity index (χ3n) is 5.14. The zero-order chi connectivity index (χ0) is 23.7. The molecule has 0 radical (unpaired) electrons. The van der Waals surface area contributed by atoms with Crippen LogP contribution in [0.25, 0.3) is 33.7 Å². The van der Waals surface area contributed by atoms with Gasteiger partial charge < -0.3 is 18.9 Å². The minimum atomic E-state index is -0.951. The molecule has 0 fully saturated rings. The molecular formula is C24H21FN4O4. The summed E-state index contributed by atoms with van der Waals surface area (Å²) in [6.45, 7) is 3.75. The van der Waals surface area contributed by atoms with E-state index in [2.05, 4.69) is 16.2 Å². The van der Waals surface area contributed by atoms with Crippen LogP contribution in [-0.4, -0.2) is 31.9 Å². The molecule has 0 aliphatic heterocycles. The van der Waals surface area contributed by atoms with Crippen molar-refractivity contribution >= 4 is 16.9 Å². The highest BCUT2D eigenvalue weighted by molar-refractivity contribution is 5.96. The highest BCUT2D eigenvalue weighted by Gasteiger charge is 2.20. The number of fused-ring (bicyclic) bond motifs is 1. The Kier molecular flexibility index (Phi) is 5.84. The number of nitrogens with zero attached hydrogens (tertiary/aromatic N) is 4. The molecule has 8 nitrogen and oxygen atoms in total. The lowest BCUT2D eigenvalue weighted by atomic mass is 10.0. The number of hydrogen-bond acceptors (Lipinski definition) is 6. The highest BCUT2D eigenvalue weighted by Crippen LogP contribution is 2.34. The molecule has 2 aromatic heterocycles. The second kappa shape index (κ2) is 8.74. The quantitative estimate of drug-likeness (QED) is 0.435. The van der Waals surface area contributed by atoms with E-state index in [9.17, 15) is 14.4 Å². The van der Waals surface area contributed by atoms with Gasteiger partial charge in [-0.1, -0.05) is 5.16 Å². The van der Waals surface area contributed by atoms with Crippen molar-refractivity contribution in [1.29, 1.82) is 5.26 Å². The molecule has 0 saturated heterocycles. The van der Waals surface area contributed by atoms with E-state index in [-0.39, 0.29) is 30.7 Å². The molecule has 0 unspecified atom stereocenters. The molecule has 0 aliphatic rings. The molecule has 0 aliphatic carbocycles. The van der Waals surface area contributed by atoms with Gasteiger partial charge in [-0.3, -0.25) is 4.79 Å². The fourth-order valence-corrected chi connectivity index (χ4v) is 3.77. The van der Waals surface area contributed by atoms with Crippen molar-refractivity contribution in [3.63, 3.8) is 0 Å². The van der Waals surface area contributed by atoms with E-state index >= 15 is 0 Å². The topological polar surface area (TPSA) is 114 Å². The van der Waals surface area contributed by atoms with Crippen LogP contribution < -0.4 is 4.74 Å². The molecule has 0 bridgehead atoms. The van der Waals surface area contributed by atoms with Crippen LogP contribution in [0.4, 0.5) is 4.39 Å². The first-order valence-corrected chi connectivity index (χ1v) is 10.3. The Balaban J connectivity index is 1.75. The molecular weight excluding hydrogens is 427 g/mol. The number of benzene rings is 2. The summed E-state index contributed by atoms with van der Waals surface area (Å²) in [4.78, 5) is 15.4. The number of hydrogen-bond donors (Lipinski definition) is 1. The van der Waals surface area contributed by atoms with Gasteiger partial charge in [0.25, 0.3) is 5.89 Å². The Morgan fingerprint density at radius 3 is 2.82 bits per heavy atom. The lowest BCUT2D eigenvalue weighted by molar-refractivity contribution is -0.136. The summed E-state index contributed by atoms with van der Waals surface area (Å²) in [6.07, 6.45) is 1.73. The zero-order valence-corrected chi connectivity index (χ0v) is 18.3. The maximum atomic E-state index is 14.7.